The molecule has 0 aliphatic heterocycles. The molecule has 170 valence electrons. The van der Waals surface area contributed by atoms with Crippen LogP contribution < -0.4 is 0 Å². The summed E-state index contributed by atoms with van der Waals surface area (Å²) in [4.78, 5) is 22.2. The quantitative estimate of drug-likeness (QED) is 0.160. The van der Waals surface area contributed by atoms with Gasteiger partial charge in [0.1, 0.15) is 0 Å². The monoisotopic (exact) mass is 402 g/mol. The van der Waals surface area contributed by atoms with E-state index >= 15 is 0 Å². The molecule has 4 heteroatoms. The van der Waals surface area contributed by atoms with Crippen LogP contribution in [0.5, 0.6) is 0 Å². The maximum Gasteiger partial charge on any atom is 0.0981 e. The van der Waals surface area contributed by atoms with Crippen molar-refractivity contribution in [1.29, 1.82) is 0 Å². The van der Waals surface area contributed by atoms with Gasteiger partial charge in [-0.05, 0) is 77.0 Å². The molecule has 0 aromatic carbocycles. The van der Waals surface area contributed by atoms with Gasteiger partial charge in [0.2, 0.25) is 0 Å². The Morgan fingerprint density at radius 2 is 0.750 bits per heavy atom. The van der Waals surface area contributed by atoms with E-state index in [0.29, 0.717) is 24.0 Å². The molecular weight excluding hydrogens is 352 g/mol. The van der Waals surface area contributed by atoms with Crippen LogP contribution in [0.1, 0.15) is 121 Å². The molecule has 0 spiro atoms. The third-order valence-electron chi connectivity index (χ3n) is 4.71. The minimum atomic E-state index is -0.336. The van der Waals surface area contributed by atoms with E-state index in [1.165, 1.54) is 25.7 Å². The van der Waals surface area contributed by atoms with Crippen molar-refractivity contribution in [1.82, 2.24) is 0 Å². The van der Waals surface area contributed by atoms with Crippen molar-refractivity contribution < 1.29 is 19.6 Å². The Kier molecular flexibility index (Phi) is 12.4. The smallest absolute Gasteiger partial charge is 0.0981 e. The van der Waals surface area contributed by atoms with Crippen LogP contribution in [0.3, 0.4) is 0 Å². The number of unbranched alkanes of at least 4 members (excludes halogenated alkanes) is 2. The predicted molar refractivity (Wildman–Crippen MR) is 118 cm³/mol. The Morgan fingerprint density at radius 1 is 0.429 bits per heavy atom. The van der Waals surface area contributed by atoms with Crippen LogP contribution in [-0.2, 0) is 19.6 Å². The first-order chi connectivity index (χ1) is 12.6. The van der Waals surface area contributed by atoms with E-state index in [9.17, 15) is 0 Å². The van der Waals surface area contributed by atoms with Crippen molar-refractivity contribution in [3.05, 3.63) is 0 Å². The van der Waals surface area contributed by atoms with Crippen LogP contribution in [0.4, 0.5) is 0 Å². The van der Waals surface area contributed by atoms with Crippen LogP contribution in [-0.4, -0.2) is 24.4 Å². The lowest BCUT2D eigenvalue weighted by atomic mass is 9.90. The second kappa shape index (κ2) is 12.5. The highest BCUT2D eigenvalue weighted by atomic mass is 17.2. The molecule has 0 saturated carbocycles. The van der Waals surface area contributed by atoms with E-state index in [1.807, 2.05) is 0 Å². The first-order valence-corrected chi connectivity index (χ1v) is 11.2. The van der Waals surface area contributed by atoms with Gasteiger partial charge >= 0.3 is 0 Å². The molecule has 0 radical (unpaired) electrons. The fourth-order valence-electron chi connectivity index (χ4n) is 2.72. The normalized spacial score (nSPS) is 13.9. The molecule has 28 heavy (non-hydrogen) atoms. The van der Waals surface area contributed by atoms with Crippen molar-refractivity contribution >= 4 is 0 Å². The van der Waals surface area contributed by atoms with Crippen molar-refractivity contribution in [3.63, 3.8) is 0 Å². The molecule has 0 rings (SSSR count). The van der Waals surface area contributed by atoms with Gasteiger partial charge in [0.25, 0.3) is 0 Å². The van der Waals surface area contributed by atoms with E-state index < -0.39 is 0 Å². The molecule has 0 aromatic rings. The minimum absolute atomic E-state index is 0.336. The summed E-state index contributed by atoms with van der Waals surface area (Å²) < 4.78 is 0. The van der Waals surface area contributed by atoms with Gasteiger partial charge in [0.05, 0.1) is 24.4 Å². The Bertz CT molecular complexity index is 350. The molecule has 0 aliphatic carbocycles. The summed E-state index contributed by atoms with van der Waals surface area (Å²) in [5.74, 6) is 0. The first-order valence-electron chi connectivity index (χ1n) is 11.2. The molecule has 0 amide bonds. The summed E-state index contributed by atoms with van der Waals surface area (Å²) in [6.07, 6.45) is 8.51. The summed E-state index contributed by atoms with van der Waals surface area (Å²) in [5, 5.41) is 0. The molecule has 0 fully saturated rings. The van der Waals surface area contributed by atoms with Gasteiger partial charge < -0.3 is 0 Å². The van der Waals surface area contributed by atoms with E-state index in [1.54, 1.807) is 0 Å². The molecule has 0 saturated heterocycles. The number of hydrogen-bond donors (Lipinski definition) is 0. The van der Waals surface area contributed by atoms with Gasteiger partial charge in [-0.15, -0.1) is 0 Å². The van der Waals surface area contributed by atoms with E-state index in [2.05, 4.69) is 69.2 Å². The average Bonchev–Trinajstić information content (AvgIpc) is 2.50. The van der Waals surface area contributed by atoms with Crippen LogP contribution in [0, 0.1) is 10.8 Å². The highest BCUT2D eigenvalue weighted by Gasteiger charge is 2.27. The van der Waals surface area contributed by atoms with Crippen LogP contribution >= 0.6 is 0 Å². The zero-order chi connectivity index (χ0) is 21.9. The Hall–Kier alpha value is -0.160. The summed E-state index contributed by atoms with van der Waals surface area (Å²) in [5.41, 5.74) is 0.107. The molecule has 0 unspecified atom stereocenters. The largest absolute Gasteiger partial charge is 0.236 e. The lowest BCUT2D eigenvalue weighted by Crippen LogP contribution is -2.31. The van der Waals surface area contributed by atoms with Gasteiger partial charge in [-0.25, -0.2) is 19.6 Å². The van der Waals surface area contributed by atoms with Crippen molar-refractivity contribution in [2.75, 3.05) is 13.2 Å². The number of rotatable bonds is 15. The minimum Gasteiger partial charge on any atom is -0.236 e. The molecule has 0 bridgehead atoms. The van der Waals surface area contributed by atoms with E-state index in [4.69, 9.17) is 19.6 Å². The lowest BCUT2D eigenvalue weighted by molar-refractivity contribution is -0.369. The van der Waals surface area contributed by atoms with Crippen molar-refractivity contribution in [2.24, 2.45) is 10.8 Å². The number of hydrogen-bond acceptors (Lipinski definition) is 4. The van der Waals surface area contributed by atoms with Crippen LogP contribution in [0.15, 0.2) is 0 Å². The zero-order valence-electron chi connectivity index (χ0n) is 20.7. The lowest BCUT2D eigenvalue weighted by Gasteiger charge is -2.29. The summed E-state index contributed by atoms with van der Waals surface area (Å²) in [6, 6.07) is 0. The van der Waals surface area contributed by atoms with Gasteiger partial charge in [0.15, 0.2) is 0 Å². The van der Waals surface area contributed by atoms with Crippen molar-refractivity contribution in [2.45, 2.75) is 132 Å². The van der Waals surface area contributed by atoms with Gasteiger partial charge in [-0.1, -0.05) is 54.4 Å². The summed E-state index contributed by atoms with van der Waals surface area (Å²) in [7, 11) is 0. The van der Waals surface area contributed by atoms with E-state index in [-0.39, 0.29) is 11.2 Å². The maximum absolute atomic E-state index is 5.65. The molecule has 0 aliphatic rings. The van der Waals surface area contributed by atoms with E-state index in [0.717, 1.165) is 25.7 Å². The van der Waals surface area contributed by atoms with Gasteiger partial charge in [-0.3, -0.25) is 0 Å². The highest BCUT2D eigenvalue weighted by molar-refractivity contribution is 4.75. The van der Waals surface area contributed by atoms with Crippen LogP contribution in [0.25, 0.3) is 0 Å². The van der Waals surface area contributed by atoms with Gasteiger partial charge in [0, 0.05) is 0 Å². The summed E-state index contributed by atoms with van der Waals surface area (Å²) in [6.45, 7) is 23.2. The second-order valence-electron chi connectivity index (χ2n) is 11.9. The Balaban J connectivity index is 3.85. The van der Waals surface area contributed by atoms with Gasteiger partial charge in [-0.2, -0.15) is 0 Å². The fraction of sp³-hybridized carbons (Fsp3) is 1.00. The second-order valence-corrected chi connectivity index (χ2v) is 11.9. The average molecular weight is 403 g/mol. The molecule has 0 atom stereocenters. The third-order valence-corrected chi connectivity index (χ3v) is 4.71. The van der Waals surface area contributed by atoms with Crippen LogP contribution in [0.2, 0.25) is 0 Å². The highest BCUT2D eigenvalue weighted by Crippen LogP contribution is 2.26. The Morgan fingerprint density at radius 3 is 1.04 bits per heavy atom. The van der Waals surface area contributed by atoms with Crippen molar-refractivity contribution in [3.8, 4) is 0 Å². The molecule has 0 N–H and O–H groups in total. The topological polar surface area (TPSA) is 36.9 Å². The zero-order valence-corrected chi connectivity index (χ0v) is 20.7. The molecule has 0 heterocycles. The molecular formula is C24H50O4. The molecule has 0 aromatic heterocycles. The first kappa shape index (κ1) is 27.8. The fourth-order valence-corrected chi connectivity index (χ4v) is 2.72. The Labute approximate surface area is 175 Å². The summed E-state index contributed by atoms with van der Waals surface area (Å²) >= 11 is 0. The predicted octanol–water partition coefficient (Wildman–Crippen LogP) is 7.65. The standard InChI is InChI=1S/C24H50O4/c1-21(2,3)15-11-13-19-25-27-23(7,8)17-18-24(9,10)28-26-20-14-12-16-22(4,5)6/h11-20H2,1-10H3. The molecule has 4 nitrogen and oxygen atoms in total. The third kappa shape index (κ3) is 19.2. The SMILES string of the molecule is CC(C)(C)CCCCOOC(C)(C)CCC(C)(C)OOCCCCC(C)(C)C. The maximum atomic E-state index is 5.65.